The Morgan fingerprint density at radius 2 is 1.65 bits per heavy atom. The molecule has 2 heterocycles. The molecule has 5 N–H and O–H groups in total. The third kappa shape index (κ3) is 2.51. The number of thioether (sulfide) groups is 1. The lowest BCUT2D eigenvalue weighted by molar-refractivity contribution is -0.205. The summed E-state index contributed by atoms with van der Waals surface area (Å²) in [5.41, 5.74) is -0.842. The van der Waals surface area contributed by atoms with E-state index in [1.54, 1.807) is 6.08 Å². The molecule has 3 aliphatic rings. The summed E-state index contributed by atoms with van der Waals surface area (Å²) in [7, 11) is 0. The van der Waals surface area contributed by atoms with Crippen LogP contribution >= 0.6 is 11.8 Å². The number of aliphatic hydroxyl groups is 5. The average molecular weight is 306 g/mol. The van der Waals surface area contributed by atoms with Gasteiger partial charge in [-0.05, 0) is 0 Å². The largest absolute Gasteiger partial charge is 0.394 e. The van der Waals surface area contributed by atoms with Crippen molar-refractivity contribution in [3.8, 4) is 0 Å². The first-order chi connectivity index (χ1) is 9.52. The minimum Gasteiger partial charge on any atom is -0.394 e. The van der Waals surface area contributed by atoms with Crippen LogP contribution in [-0.4, -0.2) is 85.6 Å². The molecule has 0 bridgehead atoms. The molecule has 0 unspecified atom stereocenters. The molecule has 3 rings (SSSR count). The average Bonchev–Trinajstić information content (AvgIpc) is 3.22. The van der Waals surface area contributed by atoms with Crippen LogP contribution in [0.2, 0.25) is 0 Å². The monoisotopic (exact) mass is 306 g/mol. The molecular weight excluding hydrogens is 288 g/mol. The number of rotatable bonds is 3. The molecule has 0 aromatic carbocycles. The van der Waals surface area contributed by atoms with Gasteiger partial charge < -0.3 is 35.0 Å². The molecule has 2 fully saturated rings. The summed E-state index contributed by atoms with van der Waals surface area (Å²) in [4.78, 5) is 0. The maximum Gasteiger partial charge on any atom is 0.133 e. The van der Waals surface area contributed by atoms with Gasteiger partial charge in [0.25, 0.3) is 0 Å². The molecular formula is C12H18O7S. The van der Waals surface area contributed by atoms with Crippen molar-refractivity contribution in [1.82, 2.24) is 0 Å². The molecule has 114 valence electrons. The van der Waals surface area contributed by atoms with E-state index in [-0.39, 0.29) is 17.5 Å². The summed E-state index contributed by atoms with van der Waals surface area (Å²) < 4.78 is 10.6. The van der Waals surface area contributed by atoms with Gasteiger partial charge in [0.1, 0.15) is 42.1 Å². The summed E-state index contributed by atoms with van der Waals surface area (Å²) in [6.07, 6.45) is -2.31. The van der Waals surface area contributed by atoms with Gasteiger partial charge in [-0.15, -0.1) is 11.8 Å². The Labute approximate surface area is 119 Å². The molecule has 9 atom stereocenters. The fourth-order valence-corrected chi connectivity index (χ4v) is 3.88. The van der Waals surface area contributed by atoms with E-state index in [1.165, 1.54) is 0 Å². The van der Waals surface area contributed by atoms with Crippen molar-refractivity contribution in [3.63, 3.8) is 0 Å². The Kier molecular flexibility index (Phi) is 4.08. The van der Waals surface area contributed by atoms with Crippen LogP contribution in [-0.2, 0) is 9.47 Å². The summed E-state index contributed by atoms with van der Waals surface area (Å²) in [6.45, 7) is -0.459. The standard InChI is InChI=1S/C12H18O7S/c13-3-5-7(14)9(16)10(17)12(19-5)20-6-2-1-4-11(18-4)8(6)15/h1-2,4-17H,3H2/t4-,5-,6+,7-,8-,9+,10-,11-,12-/m1/s1. The number of fused-ring (bicyclic) bond motifs is 1. The predicted octanol–water partition coefficient (Wildman–Crippen LogP) is -2.41. The Morgan fingerprint density at radius 3 is 2.35 bits per heavy atom. The maximum atomic E-state index is 10.0. The SMILES string of the molecule is OC[C@H]1O[C@H](S[C@H]2C=C[C@H]3O[C@H]3[C@@H]2O)[C@H](O)[C@@H](O)[C@@H]1O. The molecule has 0 spiro atoms. The number of hydrogen-bond acceptors (Lipinski definition) is 8. The third-order valence-corrected chi connectivity index (χ3v) is 5.27. The summed E-state index contributed by atoms with van der Waals surface area (Å²) in [5, 5.41) is 48.2. The van der Waals surface area contributed by atoms with Crippen LogP contribution < -0.4 is 0 Å². The van der Waals surface area contributed by atoms with Crippen LogP contribution in [0.15, 0.2) is 12.2 Å². The van der Waals surface area contributed by atoms with Crippen molar-refractivity contribution in [2.45, 2.75) is 53.4 Å². The molecule has 20 heavy (non-hydrogen) atoms. The maximum absolute atomic E-state index is 10.0. The molecule has 7 nitrogen and oxygen atoms in total. The lowest BCUT2D eigenvalue weighted by Crippen LogP contribution is -2.58. The first-order valence-electron chi connectivity index (χ1n) is 6.50. The van der Waals surface area contributed by atoms with E-state index in [0.717, 1.165) is 11.8 Å². The summed E-state index contributed by atoms with van der Waals surface area (Å²) in [5.74, 6) is 0. The van der Waals surface area contributed by atoms with Crippen LogP contribution in [0.3, 0.4) is 0 Å². The van der Waals surface area contributed by atoms with Crippen LogP contribution in [0.5, 0.6) is 0 Å². The molecule has 1 aliphatic carbocycles. The highest BCUT2D eigenvalue weighted by molar-refractivity contribution is 8.00. The number of epoxide rings is 1. The smallest absolute Gasteiger partial charge is 0.133 e. The highest BCUT2D eigenvalue weighted by Gasteiger charge is 2.51. The van der Waals surface area contributed by atoms with E-state index in [0.29, 0.717) is 0 Å². The molecule has 0 amide bonds. The Balaban J connectivity index is 1.66. The first kappa shape index (κ1) is 14.7. The van der Waals surface area contributed by atoms with E-state index < -0.39 is 42.6 Å². The fourth-order valence-electron chi connectivity index (χ4n) is 2.55. The molecule has 2 saturated heterocycles. The number of ether oxygens (including phenoxy) is 2. The van der Waals surface area contributed by atoms with Gasteiger partial charge in [-0.2, -0.15) is 0 Å². The summed E-state index contributed by atoms with van der Waals surface area (Å²) in [6, 6.07) is 0. The second-order valence-corrected chi connectivity index (χ2v) is 6.52. The molecule has 0 aromatic heterocycles. The zero-order valence-electron chi connectivity index (χ0n) is 10.5. The highest BCUT2D eigenvalue weighted by atomic mass is 32.2. The molecule has 0 aromatic rings. The minimum absolute atomic E-state index is 0.0309. The van der Waals surface area contributed by atoms with Gasteiger partial charge in [0, 0.05) is 0 Å². The van der Waals surface area contributed by atoms with Crippen molar-refractivity contribution >= 4 is 11.8 Å². The molecule has 0 saturated carbocycles. The lowest BCUT2D eigenvalue weighted by atomic mass is 10.0. The van der Waals surface area contributed by atoms with E-state index in [4.69, 9.17) is 14.6 Å². The zero-order valence-corrected chi connectivity index (χ0v) is 11.3. The second-order valence-electron chi connectivity index (χ2n) is 5.24. The third-order valence-electron chi connectivity index (χ3n) is 3.86. The van der Waals surface area contributed by atoms with Crippen molar-refractivity contribution in [2.75, 3.05) is 6.61 Å². The zero-order chi connectivity index (χ0) is 14.4. The van der Waals surface area contributed by atoms with E-state index in [2.05, 4.69) is 0 Å². The van der Waals surface area contributed by atoms with Gasteiger partial charge in [0.15, 0.2) is 0 Å². The van der Waals surface area contributed by atoms with E-state index >= 15 is 0 Å². The molecule has 2 aliphatic heterocycles. The lowest BCUT2D eigenvalue weighted by Gasteiger charge is -2.41. The Morgan fingerprint density at radius 1 is 0.900 bits per heavy atom. The van der Waals surface area contributed by atoms with Crippen molar-refractivity contribution in [3.05, 3.63) is 12.2 Å². The van der Waals surface area contributed by atoms with E-state index in [9.17, 15) is 20.4 Å². The Hall–Kier alpha value is -0.190. The Bertz CT molecular complexity index is 390. The molecule has 0 radical (unpaired) electrons. The highest BCUT2D eigenvalue weighted by Crippen LogP contribution is 2.40. The van der Waals surface area contributed by atoms with Crippen LogP contribution in [0.25, 0.3) is 0 Å². The number of hydrogen-bond donors (Lipinski definition) is 5. The van der Waals surface area contributed by atoms with E-state index in [1.807, 2.05) is 6.08 Å². The van der Waals surface area contributed by atoms with Gasteiger partial charge in [0.05, 0.1) is 18.0 Å². The van der Waals surface area contributed by atoms with Crippen molar-refractivity contribution in [1.29, 1.82) is 0 Å². The van der Waals surface area contributed by atoms with Crippen LogP contribution in [0, 0.1) is 0 Å². The minimum atomic E-state index is -1.40. The van der Waals surface area contributed by atoms with Gasteiger partial charge in [-0.1, -0.05) is 12.2 Å². The predicted molar refractivity (Wildman–Crippen MR) is 69.0 cm³/mol. The van der Waals surface area contributed by atoms with Gasteiger partial charge in [0.2, 0.25) is 0 Å². The first-order valence-corrected chi connectivity index (χ1v) is 7.45. The number of aliphatic hydroxyl groups excluding tert-OH is 5. The van der Waals surface area contributed by atoms with Gasteiger partial charge >= 0.3 is 0 Å². The topological polar surface area (TPSA) is 123 Å². The fraction of sp³-hybridized carbons (Fsp3) is 0.833. The second kappa shape index (κ2) is 5.54. The summed E-state index contributed by atoms with van der Waals surface area (Å²) >= 11 is 1.14. The quantitative estimate of drug-likeness (QED) is 0.288. The normalized spacial score (nSPS) is 54.5. The van der Waals surface area contributed by atoms with Gasteiger partial charge in [-0.3, -0.25) is 0 Å². The van der Waals surface area contributed by atoms with Gasteiger partial charge in [-0.25, -0.2) is 0 Å². The van der Waals surface area contributed by atoms with Crippen LogP contribution in [0.1, 0.15) is 0 Å². The van der Waals surface area contributed by atoms with Crippen LogP contribution in [0.4, 0.5) is 0 Å². The molecule has 8 heteroatoms. The van der Waals surface area contributed by atoms with Crippen molar-refractivity contribution < 1.29 is 35.0 Å². The van der Waals surface area contributed by atoms with Crippen molar-refractivity contribution in [2.24, 2.45) is 0 Å².